The molecule has 0 radical (unpaired) electrons. The van der Waals surface area contributed by atoms with Crippen LogP contribution in [0.5, 0.6) is 11.8 Å². The minimum absolute atomic E-state index is 0.00242. The largest absolute Gasteiger partial charge is 0.425 e. The molecular formula is C24H23F3N4O4. The van der Waals surface area contributed by atoms with Crippen molar-refractivity contribution in [2.45, 2.75) is 32.6 Å². The van der Waals surface area contributed by atoms with Gasteiger partial charge in [0.25, 0.3) is 5.56 Å². The Morgan fingerprint density at radius 1 is 1.06 bits per heavy atom. The molecule has 4 rings (SSSR count). The molecule has 0 saturated carbocycles. The van der Waals surface area contributed by atoms with Crippen molar-refractivity contribution in [1.29, 1.82) is 0 Å². The predicted octanol–water partition coefficient (Wildman–Crippen LogP) is 3.45. The second-order valence-corrected chi connectivity index (χ2v) is 8.09. The normalized spacial score (nSPS) is 11.8. The highest BCUT2D eigenvalue weighted by molar-refractivity contribution is 5.72. The number of aliphatic hydroxyl groups excluding tert-OH is 1. The summed E-state index contributed by atoms with van der Waals surface area (Å²) >= 11 is 0. The van der Waals surface area contributed by atoms with E-state index in [9.17, 15) is 22.8 Å². The number of aromatic nitrogens is 4. The molecule has 35 heavy (non-hydrogen) atoms. The average Bonchev–Trinajstić information content (AvgIpc) is 3.17. The number of hydrogen-bond donors (Lipinski definition) is 1. The van der Waals surface area contributed by atoms with Crippen molar-refractivity contribution in [2.75, 3.05) is 6.61 Å². The predicted molar refractivity (Wildman–Crippen MR) is 123 cm³/mol. The van der Waals surface area contributed by atoms with Crippen LogP contribution in [0.15, 0.2) is 58.1 Å². The zero-order valence-corrected chi connectivity index (χ0v) is 19.0. The van der Waals surface area contributed by atoms with Crippen LogP contribution in [0.1, 0.15) is 23.1 Å². The van der Waals surface area contributed by atoms with E-state index in [0.717, 1.165) is 16.2 Å². The molecule has 0 spiro atoms. The molecule has 0 amide bonds. The highest BCUT2D eigenvalue weighted by Gasteiger charge is 2.33. The van der Waals surface area contributed by atoms with Gasteiger partial charge in [0.05, 0.1) is 12.1 Å². The number of halogens is 3. The first kappa shape index (κ1) is 24.3. The van der Waals surface area contributed by atoms with E-state index in [4.69, 9.17) is 9.84 Å². The molecule has 0 unspecified atom stereocenters. The quantitative estimate of drug-likeness (QED) is 0.430. The SMILES string of the molecule is Cc1ccc(Oc2nc3c(c(=O)n(CCCO)c(=O)n3C)n2Cc2ccccc2)cc1C(F)(F)F. The molecule has 11 heteroatoms. The smallest absolute Gasteiger partial charge is 0.416 e. The molecule has 0 aliphatic heterocycles. The molecule has 0 saturated heterocycles. The van der Waals surface area contributed by atoms with Crippen LogP contribution in [0, 0.1) is 6.92 Å². The lowest BCUT2D eigenvalue weighted by Crippen LogP contribution is -2.39. The third-order valence-corrected chi connectivity index (χ3v) is 5.64. The van der Waals surface area contributed by atoms with Gasteiger partial charge in [0.2, 0.25) is 0 Å². The fraction of sp³-hybridized carbons (Fsp3) is 0.292. The number of aliphatic hydroxyl groups is 1. The summed E-state index contributed by atoms with van der Waals surface area (Å²) in [5.74, 6) is -0.113. The second kappa shape index (κ2) is 9.41. The standard InChI is InChI=1S/C24H23F3N4O4/c1-15-9-10-17(13-18(15)24(25,26)27)35-22-28-20-19(31(22)14-16-7-4-3-5-8-16)21(33)30(11-6-12-32)23(34)29(20)2/h3-5,7-10,13,32H,6,11-12,14H2,1-2H3. The number of nitrogens with zero attached hydrogens (tertiary/aromatic N) is 4. The number of ether oxygens (including phenoxy) is 1. The third kappa shape index (κ3) is 4.72. The third-order valence-electron chi connectivity index (χ3n) is 5.64. The first-order valence-electron chi connectivity index (χ1n) is 10.8. The Kier molecular flexibility index (Phi) is 6.53. The highest BCUT2D eigenvalue weighted by atomic mass is 19.4. The van der Waals surface area contributed by atoms with Gasteiger partial charge in [0.1, 0.15) is 5.75 Å². The lowest BCUT2D eigenvalue weighted by Gasteiger charge is -2.14. The second-order valence-electron chi connectivity index (χ2n) is 8.09. The molecule has 2 aromatic heterocycles. The van der Waals surface area contributed by atoms with Gasteiger partial charge in [0.15, 0.2) is 11.2 Å². The maximum absolute atomic E-state index is 13.4. The molecule has 8 nitrogen and oxygen atoms in total. The van der Waals surface area contributed by atoms with Crippen LogP contribution in [0.3, 0.4) is 0 Å². The van der Waals surface area contributed by atoms with E-state index >= 15 is 0 Å². The minimum atomic E-state index is -4.57. The monoisotopic (exact) mass is 488 g/mol. The van der Waals surface area contributed by atoms with Gasteiger partial charge in [-0.05, 0) is 36.6 Å². The molecule has 0 fully saturated rings. The Balaban J connectivity index is 1.92. The van der Waals surface area contributed by atoms with Crippen LogP contribution in [0.2, 0.25) is 0 Å². The summed E-state index contributed by atoms with van der Waals surface area (Å²) in [6, 6.07) is 12.5. The van der Waals surface area contributed by atoms with E-state index < -0.39 is 23.0 Å². The molecule has 2 heterocycles. The van der Waals surface area contributed by atoms with Gasteiger partial charge in [-0.1, -0.05) is 36.4 Å². The molecule has 0 aliphatic carbocycles. The van der Waals surface area contributed by atoms with Crippen molar-refractivity contribution in [3.8, 4) is 11.8 Å². The summed E-state index contributed by atoms with van der Waals surface area (Å²) in [5, 5.41) is 9.17. The number of fused-ring (bicyclic) bond motifs is 1. The van der Waals surface area contributed by atoms with E-state index in [-0.39, 0.29) is 54.6 Å². The summed E-state index contributed by atoms with van der Waals surface area (Å²) in [6.45, 7) is 1.26. The summed E-state index contributed by atoms with van der Waals surface area (Å²) in [5.41, 5.74) is -1.18. The average molecular weight is 488 g/mol. The van der Waals surface area contributed by atoms with Crippen LogP contribution in [0.4, 0.5) is 13.2 Å². The summed E-state index contributed by atoms with van der Waals surface area (Å²) < 4.78 is 49.7. The Morgan fingerprint density at radius 2 is 1.77 bits per heavy atom. The zero-order valence-electron chi connectivity index (χ0n) is 19.0. The number of aryl methyl sites for hydroxylation is 2. The molecule has 2 aromatic carbocycles. The summed E-state index contributed by atoms with van der Waals surface area (Å²) in [6.07, 6.45) is -4.38. The molecule has 1 N–H and O–H groups in total. The number of imidazole rings is 1. The molecule has 4 aromatic rings. The minimum Gasteiger partial charge on any atom is -0.425 e. The van der Waals surface area contributed by atoms with Gasteiger partial charge in [-0.25, -0.2) is 4.79 Å². The van der Waals surface area contributed by atoms with Gasteiger partial charge in [-0.15, -0.1) is 0 Å². The zero-order chi connectivity index (χ0) is 25.3. The fourth-order valence-corrected chi connectivity index (χ4v) is 3.84. The van der Waals surface area contributed by atoms with Crippen molar-refractivity contribution >= 4 is 11.2 Å². The van der Waals surface area contributed by atoms with Gasteiger partial charge in [-0.3, -0.25) is 18.5 Å². The van der Waals surface area contributed by atoms with Crippen molar-refractivity contribution in [1.82, 2.24) is 18.7 Å². The van der Waals surface area contributed by atoms with Crippen LogP contribution in [-0.4, -0.2) is 30.4 Å². The molecule has 0 aliphatic rings. The Hall–Kier alpha value is -3.86. The van der Waals surface area contributed by atoms with Gasteiger partial charge < -0.3 is 9.84 Å². The van der Waals surface area contributed by atoms with E-state index in [2.05, 4.69) is 4.98 Å². The first-order valence-corrected chi connectivity index (χ1v) is 10.8. The molecular weight excluding hydrogens is 465 g/mol. The van der Waals surface area contributed by atoms with Crippen LogP contribution >= 0.6 is 0 Å². The number of benzene rings is 2. The van der Waals surface area contributed by atoms with E-state index in [1.165, 1.54) is 35.2 Å². The van der Waals surface area contributed by atoms with Crippen LogP contribution in [-0.2, 0) is 26.3 Å². The Morgan fingerprint density at radius 3 is 2.43 bits per heavy atom. The van der Waals surface area contributed by atoms with Crippen molar-refractivity contribution in [3.63, 3.8) is 0 Å². The van der Waals surface area contributed by atoms with Crippen LogP contribution < -0.4 is 16.0 Å². The summed E-state index contributed by atoms with van der Waals surface area (Å²) in [4.78, 5) is 30.4. The number of hydrogen-bond acceptors (Lipinski definition) is 5. The maximum Gasteiger partial charge on any atom is 0.416 e. The number of rotatable bonds is 7. The highest BCUT2D eigenvalue weighted by Crippen LogP contribution is 2.35. The van der Waals surface area contributed by atoms with E-state index in [1.54, 1.807) is 12.1 Å². The lowest BCUT2D eigenvalue weighted by molar-refractivity contribution is -0.138. The van der Waals surface area contributed by atoms with Crippen molar-refractivity contribution in [3.05, 3.63) is 86.1 Å². The Bertz CT molecular complexity index is 1490. The lowest BCUT2D eigenvalue weighted by atomic mass is 10.1. The molecule has 0 bridgehead atoms. The van der Waals surface area contributed by atoms with Gasteiger partial charge >= 0.3 is 17.9 Å². The van der Waals surface area contributed by atoms with Crippen molar-refractivity contribution in [2.24, 2.45) is 7.05 Å². The molecule has 184 valence electrons. The molecule has 0 atom stereocenters. The fourth-order valence-electron chi connectivity index (χ4n) is 3.84. The number of alkyl halides is 3. The van der Waals surface area contributed by atoms with Gasteiger partial charge in [0, 0.05) is 20.2 Å². The van der Waals surface area contributed by atoms with E-state index in [0.29, 0.717) is 0 Å². The van der Waals surface area contributed by atoms with Crippen LogP contribution in [0.25, 0.3) is 11.2 Å². The summed E-state index contributed by atoms with van der Waals surface area (Å²) in [7, 11) is 1.44. The van der Waals surface area contributed by atoms with Gasteiger partial charge in [-0.2, -0.15) is 18.2 Å². The maximum atomic E-state index is 13.4. The van der Waals surface area contributed by atoms with Crippen molar-refractivity contribution < 1.29 is 23.0 Å². The van der Waals surface area contributed by atoms with E-state index in [1.807, 2.05) is 18.2 Å². The topological polar surface area (TPSA) is 91.3 Å². The Labute approximate surface area is 197 Å². The first-order chi connectivity index (χ1) is 16.6.